The highest BCUT2D eigenvalue weighted by Gasteiger charge is 2.42. The first kappa shape index (κ1) is 29.6. The number of ether oxygens (including phenoxy) is 1. The summed E-state index contributed by atoms with van der Waals surface area (Å²) in [4.78, 5) is 14.7. The number of carbonyl (C=O) groups excluding carboxylic acids is 1. The molecule has 228 valence electrons. The quantitative estimate of drug-likeness (QED) is 0.317. The van der Waals surface area contributed by atoms with Crippen LogP contribution in [0.1, 0.15) is 84.3 Å². The van der Waals surface area contributed by atoms with E-state index in [4.69, 9.17) is 16.3 Å². The Morgan fingerprint density at radius 3 is 2.26 bits per heavy atom. The summed E-state index contributed by atoms with van der Waals surface area (Å²) in [5, 5.41) is -1.17. The topological polar surface area (TPSA) is 75.7 Å². The number of amides is 1. The van der Waals surface area contributed by atoms with Crippen LogP contribution < -0.4 is 9.46 Å². The molecule has 1 N–H and O–H groups in total. The number of alkyl halides is 3. The Kier molecular flexibility index (Phi) is 7.71. The fourth-order valence-corrected chi connectivity index (χ4v) is 7.87. The van der Waals surface area contributed by atoms with Crippen molar-refractivity contribution in [1.82, 2.24) is 9.62 Å². The van der Waals surface area contributed by atoms with Crippen LogP contribution >= 0.6 is 11.6 Å². The Labute approximate surface area is 245 Å². The number of fused-ring (bicyclic) bond motifs is 2. The molecule has 0 aromatic heterocycles. The third-order valence-corrected chi connectivity index (χ3v) is 10.9. The summed E-state index contributed by atoms with van der Waals surface area (Å²) in [6.45, 7) is 0.306. The van der Waals surface area contributed by atoms with Gasteiger partial charge in [-0.2, -0.15) is 13.2 Å². The SMILES string of the molecule is O=C(NS(=O)(=O)C1CC1)c1cc(C2CC2)c(OCC2C[C@H]3CC[C@@H](C2)N3Cc2cc(C(F)(F)F)cc(Cl)c2F)cc1F. The summed E-state index contributed by atoms with van der Waals surface area (Å²) >= 11 is 5.79. The molecule has 6 nitrogen and oxygen atoms in total. The van der Waals surface area contributed by atoms with Crippen LogP contribution in [-0.2, 0) is 22.7 Å². The summed E-state index contributed by atoms with van der Waals surface area (Å²) in [5.74, 6) is -2.18. The molecule has 2 aliphatic carbocycles. The number of halogens is 6. The molecule has 4 aliphatic rings. The minimum Gasteiger partial charge on any atom is -0.493 e. The number of hydrogen-bond acceptors (Lipinski definition) is 5. The molecule has 4 fully saturated rings. The van der Waals surface area contributed by atoms with Crippen LogP contribution in [0.4, 0.5) is 22.0 Å². The molecular weight excluding hydrogens is 603 g/mol. The molecule has 1 unspecified atom stereocenters. The number of piperidine rings is 1. The Bertz CT molecular complexity index is 1500. The first-order chi connectivity index (χ1) is 19.8. The molecule has 2 aliphatic heterocycles. The molecule has 2 saturated carbocycles. The Morgan fingerprint density at radius 1 is 1.00 bits per heavy atom. The molecule has 13 heteroatoms. The number of rotatable bonds is 9. The Hall–Kier alpha value is -2.44. The predicted molar refractivity (Wildman–Crippen MR) is 145 cm³/mol. The lowest BCUT2D eigenvalue weighted by atomic mass is 9.90. The van der Waals surface area contributed by atoms with Crippen molar-refractivity contribution in [3.8, 4) is 5.75 Å². The lowest BCUT2D eigenvalue weighted by molar-refractivity contribution is -0.137. The Morgan fingerprint density at radius 2 is 1.67 bits per heavy atom. The van der Waals surface area contributed by atoms with E-state index in [1.165, 1.54) is 6.07 Å². The molecule has 2 heterocycles. The van der Waals surface area contributed by atoms with Gasteiger partial charge in [-0.1, -0.05) is 11.6 Å². The largest absolute Gasteiger partial charge is 0.493 e. The lowest BCUT2D eigenvalue weighted by Gasteiger charge is -2.39. The summed E-state index contributed by atoms with van der Waals surface area (Å²) < 4.78 is 102. The summed E-state index contributed by atoms with van der Waals surface area (Å²) in [6.07, 6.45) is 1.03. The zero-order valence-electron chi connectivity index (χ0n) is 22.5. The van der Waals surface area contributed by atoms with Crippen molar-refractivity contribution in [3.05, 3.63) is 63.2 Å². The van der Waals surface area contributed by atoms with Crippen molar-refractivity contribution in [1.29, 1.82) is 0 Å². The highest BCUT2D eigenvalue weighted by Crippen LogP contribution is 2.46. The maximum Gasteiger partial charge on any atom is 0.416 e. The molecule has 42 heavy (non-hydrogen) atoms. The highest BCUT2D eigenvalue weighted by molar-refractivity contribution is 7.91. The van der Waals surface area contributed by atoms with Crippen LogP contribution in [0.15, 0.2) is 24.3 Å². The maximum absolute atomic E-state index is 15.0. The fraction of sp³-hybridized carbons (Fsp3) is 0.552. The van der Waals surface area contributed by atoms with Crippen molar-refractivity contribution in [2.45, 2.75) is 87.3 Å². The average molecular weight is 633 g/mol. The number of sulfonamides is 1. The van der Waals surface area contributed by atoms with Gasteiger partial charge in [0.15, 0.2) is 0 Å². The molecule has 3 atom stereocenters. The van der Waals surface area contributed by atoms with Crippen molar-refractivity contribution < 1.29 is 39.9 Å². The first-order valence-electron chi connectivity index (χ1n) is 14.1. The van der Waals surface area contributed by atoms with Crippen LogP contribution in [-0.4, -0.2) is 43.2 Å². The van der Waals surface area contributed by atoms with Gasteiger partial charge in [0.2, 0.25) is 10.0 Å². The summed E-state index contributed by atoms with van der Waals surface area (Å²) in [5.41, 5.74) is -0.726. The first-order valence-corrected chi connectivity index (χ1v) is 16.1. The molecule has 2 bridgehead atoms. The van der Waals surface area contributed by atoms with E-state index < -0.39 is 49.6 Å². The third-order valence-electron chi connectivity index (χ3n) is 8.80. The van der Waals surface area contributed by atoms with E-state index in [0.29, 0.717) is 43.1 Å². The van der Waals surface area contributed by atoms with E-state index >= 15 is 4.39 Å². The number of nitrogens with one attached hydrogen (secondary N) is 1. The van der Waals surface area contributed by atoms with Crippen LogP contribution in [0, 0.1) is 17.6 Å². The second kappa shape index (κ2) is 10.9. The second-order valence-corrected chi connectivity index (χ2v) is 14.3. The zero-order chi connectivity index (χ0) is 30.0. The van der Waals surface area contributed by atoms with E-state index in [1.807, 2.05) is 9.62 Å². The molecule has 2 aromatic rings. The number of hydrogen-bond donors (Lipinski definition) is 1. The molecule has 1 amide bonds. The molecular formula is C29H30ClF5N2O4S. The molecule has 6 rings (SSSR count). The Balaban J connectivity index is 1.12. The van der Waals surface area contributed by atoms with Crippen molar-refractivity contribution >= 4 is 27.5 Å². The maximum atomic E-state index is 15.0. The number of benzene rings is 2. The van der Waals surface area contributed by atoms with Crippen LogP contribution in [0.5, 0.6) is 5.75 Å². The van der Waals surface area contributed by atoms with E-state index in [9.17, 15) is 30.8 Å². The van der Waals surface area contributed by atoms with Gasteiger partial charge in [0.1, 0.15) is 17.4 Å². The van der Waals surface area contributed by atoms with E-state index in [2.05, 4.69) is 0 Å². The van der Waals surface area contributed by atoms with Gasteiger partial charge in [0, 0.05) is 30.3 Å². The minimum absolute atomic E-state index is 0.0232. The van der Waals surface area contributed by atoms with E-state index in [-0.39, 0.29) is 48.2 Å². The van der Waals surface area contributed by atoms with Gasteiger partial charge < -0.3 is 4.74 Å². The fourth-order valence-electron chi connectivity index (χ4n) is 6.34. The van der Waals surface area contributed by atoms with Gasteiger partial charge in [-0.3, -0.25) is 9.69 Å². The van der Waals surface area contributed by atoms with E-state index in [1.54, 1.807) is 0 Å². The third kappa shape index (κ3) is 6.12. The highest BCUT2D eigenvalue weighted by atomic mass is 35.5. The van der Waals surface area contributed by atoms with E-state index in [0.717, 1.165) is 37.8 Å². The average Bonchev–Trinajstić information content (AvgIpc) is 3.81. The molecule has 2 saturated heterocycles. The van der Waals surface area contributed by atoms with Crippen LogP contribution in [0.3, 0.4) is 0 Å². The van der Waals surface area contributed by atoms with Crippen LogP contribution in [0.2, 0.25) is 5.02 Å². The molecule has 0 spiro atoms. The lowest BCUT2D eigenvalue weighted by Crippen LogP contribution is -2.43. The summed E-state index contributed by atoms with van der Waals surface area (Å²) in [6, 6.07) is 4.03. The second-order valence-electron chi connectivity index (χ2n) is 12.0. The molecule has 2 aromatic carbocycles. The van der Waals surface area contributed by atoms with Crippen LogP contribution in [0.25, 0.3) is 0 Å². The van der Waals surface area contributed by atoms with Gasteiger partial charge in [-0.25, -0.2) is 21.9 Å². The van der Waals surface area contributed by atoms with Gasteiger partial charge >= 0.3 is 6.18 Å². The minimum atomic E-state index is -4.63. The van der Waals surface area contributed by atoms with Gasteiger partial charge in [0.25, 0.3) is 5.91 Å². The zero-order valence-corrected chi connectivity index (χ0v) is 24.1. The van der Waals surface area contributed by atoms with Crippen molar-refractivity contribution in [2.24, 2.45) is 5.92 Å². The van der Waals surface area contributed by atoms with Gasteiger partial charge in [-0.15, -0.1) is 0 Å². The van der Waals surface area contributed by atoms with Crippen molar-refractivity contribution in [2.75, 3.05) is 6.61 Å². The van der Waals surface area contributed by atoms with Gasteiger partial charge in [0.05, 0.1) is 28.0 Å². The van der Waals surface area contributed by atoms with Crippen molar-refractivity contribution in [3.63, 3.8) is 0 Å². The standard InChI is InChI=1S/C29H30ClF5N2O4S/c30-24-10-18(29(33,34)35)9-17(27(24)32)13-37-19-3-4-20(37)8-15(7-19)14-41-26-12-25(31)23(11-22(26)16-1-2-16)28(38)36-42(39,40)21-5-6-21/h9-12,15-16,19-21H,1-8,13-14H2,(H,36,38)/t15?,19-,20+. The number of nitrogens with zero attached hydrogens (tertiary/aromatic N) is 1. The van der Waals surface area contributed by atoms with Gasteiger partial charge in [-0.05, 0) is 87.0 Å². The molecule has 0 radical (unpaired) electrons. The monoisotopic (exact) mass is 632 g/mol. The normalized spacial score (nSPS) is 24.6. The smallest absolute Gasteiger partial charge is 0.416 e. The summed E-state index contributed by atoms with van der Waals surface area (Å²) in [7, 11) is -3.82. The predicted octanol–water partition coefficient (Wildman–Crippen LogP) is 6.56. The number of carbonyl (C=O) groups is 1.